The highest BCUT2D eigenvalue weighted by Crippen LogP contribution is 2.23. The Morgan fingerprint density at radius 1 is 1.23 bits per heavy atom. The van der Waals surface area contributed by atoms with Gasteiger partial charge in [-0.3, -0.25) is 10.2 Å². The number of morpholine rings is 1. The Bertz CT molecular complexity index is 805. The van der Waals surface area contributed by atoms with E-state index >= 15 is 0 Å². The first kappa shape index (κ1) is 24.5. The summed E-state index contributed by atoms with van der Waals surface area (Å²) in [7, 11) is 0. The summed E-state index contributed by atoms with van der Waals surface area (Å²) in [4.78, 5) is 33.6. The quantitative estimate of drug-likeness (QED) is 0.268. The summed E-state index contributed by atoms with van der Waals surface area (Å²) in [6.07, 6.45) is -5.16. The predicted molar refractivity (Wildman–Crippen MR) is 100 cm³/mol. The Hall–Kier alpha value is -2.77. The van der Waals surface area contributed by atoms with Gasteiger partial charge in [-0.05, 0) is 23.4 Å². The first-order valence-corrected chi connectivity index (χ1v) is 9.32. The molecule has 1 saturated heterocycles. The lowest BCUT2D eigenvalue weighted by molar-refractivity contribution is -0.317. The van der Waals surface area contributed by atoms with Crippen molar-refractivity contribution in [2.75, 3.05) is 39.5 Å². The highest BCUT2D eigenvalue weighted by atomic mass is 35.5. The van der Waals surface area contributed by atoms with Crippen LogP contribution in [0.3, 0.4) is 0 Å². The molecule has 1 aromatic rings. The SMILES string of the molecule is N=C(N)N(OCCCOc1cc(Cl)cc(C(=O)N2CCOCC2)c1)OC(=O)C(F)(F)F. The Labute approximate surface area is 179 Å². The van der Waals surface area contributed by atoms with Crippen LogP contribution in [-0.4, -0.2) is 73.7 Å². The molecule has 0 bridgehead atoms. The number of hydrogen-bond donors (Lipinski definition) is 2. The van der Waals surface area contributed by atoms with Crippen molar-refractivity contribution in [2.45, 2.75) is 12.6 Å². The molecule has 0 atom stereocenters. The molecule has 0 radical (unpaired) electrons. The molecule has 0 aliphatic carbocycles. The maximum atomic E-state index is 12.6. The van der Waals surface area contributed by atoms with Crippen molar-refractivity contribution in [1.82, 2.24) is 10.1 Å². The summed E-state index contributed by atoms with van der Waals surface area (Å²) < 4.78 is 47.3. The average molecular weight is 469 g/mol. The molecule has 10 nitrogen and oxygen atoms in total. The van der Waals surface area contributed by atoms with Gasteiger partial charge in [0.2, 0.25) is 0 Å². The number of amides is 1. The Kier molecular flexibility index (Phi) is 8.71. The minimum atomic E-state index is -5.27. The van der Waals surface area contributed by atoms with Gasteiger partial charge in [0, 0.05) is 30.1 Å². The zero-order valence-electron chi connectivity index (χ0n) is 16.1. The fourth-order valence-electron chi connectivity index (χ4n) is 2.39. The molecule has 1 aromatic carbocycles. The Balaban J connectivity index is 1.83. The number of nitrogens with zero attached hydrogens (tertiary/aromatic N) is 2. The highest BCUT2D eigenvalue weighted by molar-refractivity contribution is 6.31. The van der Waals surface area contributed by atoms with Crippen LogP contribution in [0.2, 0.25) is 5.02 Å². The third-order valence-corrected chi connectivity index (χ3v) is 3.99. The van der Waals surface area contributed by atoms with Crippen molar-refractivity contribution in [3.05, 3.63) is 28.8 Å². The Morgan fingerprint density at radius 2 is 1.90 bits per heavy atom. The van der Waals surface area contributed by atoms with Crippen molar-refractivity contribution < 1.29 is 41.9 Å². The van der Waals surface area contributed by atoms with Crippen LogP contribution >= 0.6 is 11.6 Å². The summed E-state index contributed by atoms with van der Waals surface area (Å²) in [6, 6.07) is 4.51. The van der Waals surface area contributed by atoms with E-state index in [1.165, 1.54) is 18.2 Å². The lowest BCUT2D eigenvalue weighted by Gasteiger charge is -2.27. The molecule has 2 rings (SSSR count). The van der Waals surface area contributed by atoms with E-state index in [-0.39, 0.29) is 35.8 Å². The topological polar surface area (TPSA) is 127 Å². The second kappa shape index (κ2) is 11.0. The summed E-state index contributed by atoms with van der Waals surface area (Å²) >= 11 is 6.05. The van der Waals surface area contributed by atoms with Gasteiger partial charge in [0.1, 0.15) is 5.75 Å². The molecule has 31 heavy (non-hydrogen) atoms. The average Bonchev–Trinajstić information content (AvgIpc) is 2.71. The molecule has 1 aliphatic rings. The molecular weight excluding hydrogens is 449 g/mol. The van der Waals surface area contributed by atoms with E-state index in [2.05, 4.69) is 4.84 Å². The fourth-order valence-corrected chi connectivity index (χ4v) is 2.61. The fraction of sp³-hybridized carbons (Fsp3) is 0.471. The van der Waals surface area contributed by atoms with E-state index in [1.807, 2.05) is 0 Å². The molecule has 14 heteroatoms. The molecule has 172 valence electrons. The second-order valence-electron chi connectivity index (χ2n) is 6.13. The van der Waals surface area contributed by atoms with E-state index < -0.39 is 18.1 Å². The van der Waals surface area contributed by atoms with Crippen LogP contribution in [0.5, 0.6) is 5.75 Å². The zero-order valence-corrected chi connectivity index (χ0v) is 16.9. The monoisotopic (exact) mass is 468 g/mol. The number of nitrogens with one attached hydrogen (secondary N) is 1. The minimum absolute atomic E-state index is 0.0183. The van der Waals surface area contributed by atoms with Gasteiger partial charge in [-0.15, -0.1) is 0 Å². The van der Waals surface area contributed by atoms with Crippen molar-refractivity contribution in [3.8, 4) is 5.75 Å². The molecular formula is C17H20ClF3N4O6. The second-order valence-corrected chi connectivity index (χ2v) is 6.57. The zero-order chi connectivity index (χ0) is 23.0. The lowest BCUT2D eigenvalue weighted by Crippen LogP contribution is -2.42. The summed E-state index contributed by atoms with van der Waals surface area (Å²) in [6.45, 7) is 1.56. The number of nitrogens with two attached hydrogens (primary N) is 1. The molecule has 0 unspecified atom stereocenters. The molecule has 1 fully saturated rings. The van der Waals surface area contributed by atoms with Crippen LogP contribution in [0.1, 0.15) is 16.8 Å². The number of ether oxygens (including phenoxy) is 2. The minimum Gasteiger partial charge on any atom is -0.493 e. The number of hydroxylamine groups is 2. The van der Waals surface area contributed by atoms with Crippen LogP contribution < -0.4 is 10.5 Å². The van der Waals surface area contributed by atoms with E-state index in [4.69, 9.17) is 37.1 Å². The smallest absolute Gasteiger partial charge is 0.493 e. The number of carbonyl (C=O) groups is 2. The number of benzene rings is 1. The number of hydrogen-bond acceptors (Lipinski definition) is 7. The number of alkyl halides is 3. The standard InChI is InChI=1S/C17H20ClF3N4O6/c18-12-8-11(14(26)24-2-6-28-7-3-24)9-13(10-12)29-4-1-5-30-25(16(22)23)31-15(27)17(19,20)21/h8-10H,1-7H2,(H3,22,23). The number of guanidine groups is 1. The summed E-state index contributed by atoms with van der Waals surface area (Å²) in [5, 5.41) is 7.22. The normalized spacial score (nSPS) is 14.1. The number of halogens is 4. The lowest BCUT2D eigenvalue weighted by atomic mass is 10.2. The maximum Gasteiger partial charge on any atom is 0.493 e. The van der Waals surface area contributed by atoms with Crippen LogP contribution in [0.4, 0.5) is 13.2 Å². The third-order valence-electron chi connectivity index (χ3n) is 3.78. The first-order chi connectivity index (χ1) is 14.6. The Morgan fingerprint density at radius 3 is 2.52 bits per heavy atom. The van der Waals surface area contributed by atoms with Gasteiger partial charge in [0.15, 0.2) is 0 Å². The molecule has 1 amide bonds. The predicted octanol–water partition coefficient (Wildman–Crippen LogP) is 1.73. The van der Waals surface area contributed by atoms with Gasteiger partial charge in [-0.1, -0.05) is 11.6 Å². The van der Waals surface area contributed by atoms with E-state index in [0.717, 1.165) is 0 Å². The van der Waals surface area contributed by atoms with E-state index in [0.29, 0.717) is 37.6 Å². The van der Waals surface area contributed by atoms with Gasteiger partial charge < -0.3 is 24.9 Å². The van der Waals surface area contributed by atoms with Gasteiger partial charge in [-0.2, -0.15) is 13.2 Å². The molecule has 0 aromatic heterocycles. The van der Waals surface area contributed by atoms with Crippen molar-refractivity contribution in [3.63, 3.8) is 0 Å². The molecule has 0 spiro atoms. The molecule has 1 heterocycles. The third kappa shape index (κ3) is 7.77. The van der Waals surface area contributed by atoms with E-state index in [9.17, 15) is 22.8 Å². The van der Waals surface area contributed by atoms with Crippen molar-refractivity contribution in [1.29, 1.82) is 5.41 Å². The van der Waals surface area contributed by atoms with Crippen molar-refractivity contribution in [2.24, 2.45) is 5.73 Å². The summed E-state index contributed by atoms with van der Waals surface area (Å²) in [5.74, 6) is -3.56. The van der Waals surface area contributed by atoms with Crippen LogP contribution in [0.25, 0.3) is 0 Å². The van der Waals surface area contributed by atoms with E-state index in [1.54, 1.807) is 4.90 Å². The van der Waals surface area contributed by atoms with Gasteiger partial charge >= 0.3 is 12.1 Å². The van der Waals surface area contributed by atoms with Crippen molar-refractivity contribution >= 4 is 29.4 Å². The number of rotatable bonds is 7. The first-order valence-electron chi connectivity index (χ1n) is 8.94. The van der Waals surface area contributed by atoms with Crippen LogP contribution in [0.15, 0.2) is 18.2 Å². The maximum absolute atomic E-state index is 12.6. The molecule has 1 aliphatic heterocycles. The largest absolute Gasteiger partial charge is 0.493 e. The van der Waals surface area contributed by atoms with Crippen LogP contribution in [0, 0.1) is 5.41 Å². The summed E-state index contributed by atoms with van der Waals surface area (Å²) in [5.41, 5.74) is 5.34. The van der Waals surface area contributed by atoms with Gasteiger partial charge in [-0.25, -0.2) is 9.63 Å². The molecule has 3 N–H and O–H groups in total. The van der Waals surface area contributed by atoms with Gasteiger partial charge in [0.05, 0.1) is 26.4 Å². The van der Waals surface area contributed by atoms with Crippen LogP contribution in [-0.2, 0) is 19.2 Å². The van der Waals surface area contributed by atoms with Gasteiger partial charge in [0.25, 0.3) is 11.9 Å². The molecule has 0 saturated carbocycles. The highest BCUT2D eigenvalue weighted by Gasteiger charge is 2.43. The number of carbonyl (C=O) groups excluding carboxylic acids is 2.